The van der Waals surface area contributed by atoms with Crippen LogP contribution in [0.15, 0.2) is 83.6 Å². The Hall–Kier alpha value is -4.23. The van der Waals surface area contributed by atoms with E-state index in [1.807, 2.05) is 48.5 Å². The van der Waals surface area contributed by atoms with Gasteiger partial charge in [0, 0.05) is 26.8 Å². The second-order valence-corrected chi connectivity index (χ2v) is 8.01. The van der Waals surface area contributed by atoms with Gasteiger partial charge in [0.2, 0.25) is 5.78 Å². The molecule has 2 heterocycles. The van der Waals surface area contributed by atoms with Crippen molar-refractivity contribution in [1.29, 1.82) is 0 Å². The maximum atomic E-state index is 13.3. The molecule has 0 fully saturated rings. The van der Waals surface area contributed by atoms with Gasteiger partial charge in [0.05, 0.1) is 4.88 Å². The van der Waals surface area contributed by atoms with E-state index in [0.29, 0.717) is 28.2 Å². The number of hydrogen-bond acceptors (Lipinski definition) is 7. The topological polar surface area (TPSA) is 89.6 Å². The lowest BCUT2D eigenvalue weighted by Gasteiger charge is -2.07. The van der Waals surface area contributed by atoms with Gasteiger partial charge in [-0.1, -0.05) is 54.6 Å². The molecule has 156 valence electrons. The standard InChI is InChI=1S/C25H15NO5S/c27-14-31-25-23(30-13-26-25)17-8-6-15(7-9-17)21-19-11-10-18(28)12-20(19)32-24(21)22(29)16-4-2-1-3-5-16/h1-14,28H. The van der Waals surface area contributed by atoms with Crippen molar-refractivity contribution < 1.29 is 23.8 Å². The number of rotatable bonds is 6. The molecule has 6 nitrogen and oxygen atoms in total. The van der Waals surface area contributed by atoms with Crippen molar-refractivity contribution in [3.05, 3.63) is 89.6 Å². The quantitative estimate of drug-likeness (QED) is 0.269. The van der Waals surface area contributed by atoms with Crippen molar-refractivity contribution in [2.24, 2.45) is 0 Å². The lowest BCUT2D eigenvalue weighted by molar-refractivity contribution is -0.120. The molecule has 2 aromatic heterocycles. The van der Waals surface area contributed by atoms with E-state index in [-0.39, 0.29) is 17.4 Å². The third-order valence-corrected chi connectivity index (χ3v) is 6.20. The Bertz CT molecular complexity index is 1430. The van der Waals surface area contributed by atoms with Crippen LogP contribution in [-0.2, 0) is 4.79 Å². The van der Waals surface area contributed by atoms with Crippen molar-refractivity contribution in [3.63, 3.8) is 0 Å². The third kappa shape index (κ3) is 3.44. The highest BCUT2D eigenvalue weighted by Gasteiger charge is 2.22. The number of hydrogen-bond donors (Lipinski definition) is 1. The zero-order chi connectivity index (χ0) is 22.1. The number of thiophene rings is 1. The van der Waals surface area contributed by atoms with Crippen LogP contribution in [0.4, 0.5) is 0 Å². The second-order valence-electron chi connectivity index (χ2n) is 6.96. The molecule has 0 saturated heterocycles. The first-order valence-corrected chi connectivity index (χ1v) is 10.5. The number of carbonyl (C=O) groups excluding carboxylic acids is 2. The minimum atomic E-state index is -0.0812. The predicted octanol–water partition coefficient (Wildman–Crippen LogP) is 5.70. The fourth-order valence-electron chi connectivity index (χ4n) is 3.60. The molecular weight excluding hydrogens is 426 g/mol. The third-order valence-electron chi connectivity index (χ3n) is 5.05. The van der Waals surface area contributed by atoms with Gasteiger partial charge in [-0.15, -0.1) is 11.3 Å². The number of phenols is 1. The van der Waals surface area contributed by atoms with Crippen LogP contribution in [0.25, 0.3) is 32.5 Å². The van der Waals surface area contributed by atoms with E-state index in [4.69, 9.17) is 9.15 Å². The van der Waals surface area contributed by atoms with Gasteiger partial charge in [-0.05, 0) is 23.8 Å². The summed E-state index contributed by atoms with van der Waals surface area (Å²) in [5, 5.41) is 10.8. The number of ketones is 1. The number of fused-ring (bicyclic) bond motifs is 1. The first-order valence-electron chi connectivity index (χ1n) is 9.65. The molecule has 0 aliphatic heterocycles. The van der Waals surface area contributed by atoms with Crippen molar-refractivity contribution in [2.75, 3.05) is 0 Å². The van der Waals surface area contributed by atoms with Crippen LogP contribution in [0.2, 0.25) is 0 Å². The summed E-state index contributed by atoms with van der Waals surface area (Å²) in [5.74, 6) is 0.489. The Kier molecular flexibility index (Phi) is 5.01. The second kappa shape index (κ2) is 8.13. The summed E-state index contributed by atoms with van der Waals surface area (Å²) in [4.78, 5) is 28.5. The minimum absolute atomic E-state index is 0.0812. The average molecular weight is 441 g/mol. The highest BCUT2D eigenvalue weighted by Crippen LogP contribution is 2.42. The molecule has 5 rings (SSSR count). The van der Waals surface area contributed by atoms with Gasteiger partial charge in [-0.2, -0.15) is 4.98 Å². The van der Waals surface area contributed by atoms with E-state index in [0.717, 1.165) is 21.2 Å². The van der Waals surface area contributed by atoms with Crippen LogP contribution in [0, 0.1) is 0 Å². The van der Waals surface area contributed by atoms with Gasteiger partial charge in [-0.3, -0.25) is 9.59 Å². The molecule has 0 spiro atoms. The maximum absolute atomic E-state index is 13.3. The SMILES string of the molecule is O=COc1ncoc1-c1ccc(-c2c(C(=O)c3ccccc3)sc3cc(O)ccc23)cc1. The van der Waals surface area contributed by atoms with E-state index < -0.39 is 0 Å². The molecule has 32 heavy (non-hydrogen) atoms. The molecule has 5 aromatic rings. The number of ether oxygens (including phenoxy) is 1. The normalized spacial score (nSPS) is 10.9. The summed E-state index contributed by atoms with van der Waals surface area (Å²) >= 11 is 1.35. The maximum Gasteiger partial charge on any atom is 0.299 e. The Morgan fingerprint density at radius 3 is 2.50 bits per heavy atom. The summed E-state index contributed by atoms with van der Waals surface area (Å²) in [5.41, 5.74) is 2.91. The molecule has 0 aliphatic rings. The molecule has 3 aromatic carbocycles. The average Bonchev–Trinajstić information content (AvgIpc) is 3.44. The Morgan fingerprint density at radius 1 is 1.00 bits per heavy atom. The van der Waals surface area contributed by atoms with Gasteiger partial charge in [-0.25, -0.2) is 0 Å². The first kappa shape index (κ1) is 19.7. The molecule has 7 heteroatoms. The number of benzene rings is 3. The summed E-state index contributed by atoms with van der Waals surface area (Å²) in [6.07, 6.45) is 1.21. The van der Waals surface area contributed by atoms with Gasteiger partial charge >= 0.3 is 0 Å². The zero-order valence-corrected chi connectivity index (χ0v) is 17.3. The van der Waals surface area contributed by atoms with Gasteiger partial charge in [0.15, 0.2) is 12.2 Å². The van der Waals surface area contributed by atoms with Crippen molar-refractivity contribution in [2.45, 2.75) is 0 Å². The number of carbonyl (C=O) groups is 2. The van der Waals surface area contributed by atoms with Crippen molar-refractivity contribution in [1.82, 2.24) is 4.98 Å². The summed E-state index contributed by atoms with van der Waals surface area (Å²) in [6, 6.07) is 21.6. The van der Waals surface area contributed by atoms with E-state index >= 15 is 0 Å². The van der Waals surface area contributed by atoms with Crippen LogP contribution in [0.3, 0.4) is 0 Å². The van der Waals surface area contributed by atoms with E-state index in [1.165, 1.54) is 17.7 Å². The van der Waals surface area contributed by atoms with Gasteiger partial charge < -0.3 is 14.3 Å². The van der Waals surface area contributed by atoms with Gasteiger partial charge in [0.25, 0.3) is 12.4 Å². The fraction of sp³-hybridized carbons (Fsp3) is 0. The zero-order valence-electron chi connectivity index (χ0n) is 16.5. The Balaban J connectivity index is 1.64. The minimum Gasteiger partial charge on any atom is -0.508 e. The summed E-state index contributed by atoms with van der Waals surface area (Å²) < 4.78 is 11.0. The molecule has 0 saturated carbocycles. The number of phenolic OH excluding ortho intramolecular Hbond substituents is 1. The predicted molar refractivity (Wildman–Crippen MR) is 121 cm³/mol. The molecule has 0 atom stereocenters. The molecule has 0 amide bonds. The lowest BCUT2D eigenvalue weighted by atomic mass is 9.97. The van der Waals surface area contributed by atoms with E-state index in [9.17, 15) is 14.7 Å². The highest BCUT2D eigenvalue weighted by molar-refractivity contribution is 7.21. The Morgan fingerprint density at radius 2 is 1.75 bits per heavy atom. The molecule has 0 unspecified atom stereocenters. The van der Waals surface area contributed by atoms with Crippen LogP contribution < -0.4 is 4.74 Å². The summed E-state index contributed by atoms with van der Waals surface area (Å²) in [6.45, 7) is 0.296. The van der Waals surface area contributed by atoms with Crippen molar-refractivity contribution >= 4 is 33.7 Å². The van der Waals surface area contributed by atoms with E-state index in [2.05, 4.69) is 4.98 Å². The highest BCUT2D eigenvalue weighted by atomic mass is 32.1. The fourth-order valence-corrected chi connectivity index (χ4v) is 4.82. The van der Waals surface area contributed by atoms with Crippen LogP contribution in [-0.4, -0.2) is 22.3 Å². The van der Waals surface area contributed by atoms with Gasteiger partial charge in [0.1, 0.15) is 5.75 Å². The molecule has 0 bridgehead atoms. The Labute approximate surface area is 186 Å². The largest absolute Gasteiger partial charge is 0.508 e. The molecular formula is C25H15NO5S. The number of oxazole rings is 1. The number of nitrogens with zero attached hydrogens (tertiary/aromatic N) is 1. The number of aromatic hydroxyl groups is 1. The molecule has 1 N–H and O–H groups in total. The van der Waals surface area contributed by atoms with Crippen LogP contribution >= 0.6 is 11.3 Å². The van der Waals surface area contributed by atoms with E-state index in [1.54, 1.807) is 24.3 Å². The first-order chi connectivity index (χ1) is 15.7. The molecule has 0 aliphatic carbocycles. The van der Waals surface area contributed by atoms with Crippen molar-refractivity contribution in [3.8, 4) is 34.1 Å². The molecule has 0 radical (unpaired) electrons. The number of aromatic nitrogens is 1. The van der Waals surface area contributed by atoms with Crippen LogP contribution in [0.1, 0.15) is 15.2 Å². The summed E-state index contributed by atoms with van der Waals surface area (Å²) in [7, 11) is 0. The van der Waals surface area contributed by atoms with Crippen LogP contribution in [0.5, 0.6) is 11.6 Å². The monoisotopic (exact) mass is 441 g/mol. The smallest absolute Gasteiger partial charge is 0.299 e. The lowest BCUT2D eigenvalue weighted by Crippen LogP contribution is -2.00.